The van der Waals surface area contributed by atoms with Gasteiger partial charge in [0, 0.05) is 0 Å². The molecule has 2 aromatic carbocycles. The van der Waals surface area contributed by atoms with Crippen LogP contribution in [0.25, 0.3) is 15.8 Å². The van der Waals surface area contributed by atoms with Gasteiger partial charge in [0.15, 0.2) is 0 Å². The van der Waals surface area contributed by atoms with Crippen molar-refractivity contribution in [3.8, 4) is 5.69 Å². The first-order chi connectivity index (χ1) is 8.66. The zero-order valence-electron chi connectivity index (χ0n) is 9.68. The molecule has 0 aliphatic heterocycles. The fourth-order valence-electron chi connectivity index (χ4n) is 1.91. The lowest BCUT2D eigenvalue weighted by Crippen LogP contribution is -2.11. The van der Waals surface area contributed by atoms with Gasteiger partial charge in [0.2, 0.25) is 0 Å². The van der Waals surface area contributed by atoms with Gasteiger partial charge >= 0.3 is 0 Å². The number of hydrogen-bond acceptors (Lipinski definition) is 2. The van der Waals surface area contributed by atoms with E-state index in [1.54, 1.807) is 3.96 Å². The van der Waals surface area contributed by atoms with Crippen molar-refractivity contribution in [3.63, 3.8) is 0 Å². The Labute approximate surface area is 113 Å². The van der Waals surface area contributed by atoms with E-state index in [4.69, 9.17) is 11.6 Å². The average Bonchev–Trinajstić information content (AvgIpc) is 2.68. The molecule has 0 atom stereocenters. The summed E-state index contributed by atoms with van der Waals surface area (Å²) in [6.45, 7) is 1.98. The van der Waals surface area contributed by atoms with Crippen LogP contribution in [0, 0.1) is 6.92 Å². The van der Waals surface area contributed by atoms with Crippen molar-refractivity contribution in [2.24, 2.45) is 0 Å². The van der Waals surface area contributed by atoms with Crippen LogP contribution in [0.2, 0.25) is 5.02 Å². The number of aromatic nitrogens is 1. The molecule has 0 amide bonds. The Hall–Kier alpha value is -1.58. The number of nitrogens with zero attached hydrogens (tertiary/aromatic N) is 1. The first kappa shape index (κ1) is 11.5. The second-order valence-electron chi connectivity index (χ2n) is 4.14. The maximum absolute atomic E-state index is 12.3. The zero-order chi connectivity index (χ0) is 12.7. The van der Waals surface area contributed by atoms with Crippen LogP contribution in [-0.2, 0) is 0 Å². The lowest BCUT2D eigenvalue weighted by Gasteiger charge is -2.03. The summed E-state index contributed by atoms with van der Waals surface area (Å²) >= 11 is 7.63. The summed E-state index contributed by atoms with van der Waals surface area (Å²) in [7, 11) is 0. The second kappa shape index (κ2) is 4.26. The molecule has 4 heteroatoms. The van der Waals surface area contributed by atoms with E-state index in [-0.39, 0.29) is 5.56 Å². The predicted molar refractivity (Wildman–Crippen MR) is 77.2 cm³/mol. The Balaban J connectivity index is 2.32. The van der Waals surface area contributed by atoms with Crippen LogP contribution >= 0.6 is 23.1 Å². The normalized spacial score (nSPS) is 11.0. The minimum Gasteiger partial charge on any atom is -0.267 e. The standard InChI is InChI=1S/C14H10ClNOS/c1-9-6-7-12(11(15)8-9)16-14(17)10-4-2-3-5-13(10)18-16/h2-8H,1H3. The lowest BCUT2D eigenvalue weighted by molar-refractivity contribution is 1.14. The van der Waals surface area contributed by atoms with Gasteiger partial charge in [-0.1, -0.05) is 41.3 Å². The highest BCUT2D eigenvalue weighted by molar-refractivity contribution is 7.14. The molecule has 3 aromatic rings. The number of hydrogen-bond donors (Lipinski definition) is 0. The largest absolute Gasteiger partial charge is 0.273 e. The van der Waals surface area contributed by atoms with E-state index in [1.807, 2.05) is 49.4 Å². The van der Waals surface area contributed by atoms with Gasteiger partial charge in [0.05, 0.1) is 20.8 Å². The van der Waals surface area contributed by atoms with Crippen LogP contribution in [0.15, 0.2) is 47.3 Å². The van der Waals surface area contributed by atoms with Crippen LogP contribution < -0.4 is 5.56 Å². The first-order valence-corrected chi connectivity index (χ1v) is 6.69. The van der Waals surface area contributed by atoms with E-state index >= 15 is 0 Å². The summed E-state index contributed by atoms with van der Waals surface area (Å²) in [6, 6.07) is 13.3. The maximum atomic E-state index is 12.3. The van der Waals surface area contributed by atoms with Crippen molar-refractivity contribution in [2.75, 3.05) is 0 Å². The van der Waals surface area contributed by atoms with E-state index in [0.29, 0.717) is 5.02 Å². The average molecular weight is 276 g/mol. The molecule has 0 saturated heterocycles. The third-order valence-electron chi connectivity index (χ3n) is 2.81. The molecule has 3 rings (SSSR count). The van der Waals surface area contributed by atoms with Crippen LogP contribution in [0.3, 0.4) is 0 Å². The van der Waals surface area contributed by atoms with Crippen molar-refractivity contribution < 1.29 is 0 Å². The third-order valence-corrected chi connectivity index (χ3v) is 4.21. The minimum absolute atomic E-state index is 0.0126. The highest BCUT2D eigenvalue weighted by Gasteiger charge is 2.11. The van der Waals surface area contributed by atoms with Gasteiger partial charge in [0.1, 0.15) is 0 Å². The Kier molecular flexibility index (Phi) is 2.73. The molecule has 0 fully saturated rings. The summed E-state index contributed by atoms with van der Waals surface area (Å²) in [6.07, 6.45) is 0. The van der Waals surface area contributed by atoms with E-state index in [1.165, 1.54) is 11.5 Å². The van der Waals surface area contributed by atoms with Crippen molar-refractivity contribution in [3.05, 3.63) is 63.4 Å². The van der Waals surface area contributed by atoms with E-state index < -0.39 is 0 Å². The summed E-state index contributed by atoms with van der Waals surface area (Å²) in [5.41, 5.74) is 1.81. The third kappa shape index (κ3) is 1.76. The van der Waals surface area contributed by atoms with Crippen molar-refractivity contribution in [2.45, 2.75) is 6.92 Å². The molecule has 1 heterocycles. The fraction of sp³-hybridized carbons (Fsp3) is 0.0714. The predicted octanol–water partition coefficient (Wildman–Crippen LogP) is 4.01. The molecule has 0 unspecified atom stereocenters. The molecule has 0 N–H and O–H groups in total. The molecule has 0 radical (unpaired) electrons. The summed E-state index contributed by atoms with van der Waals surface area (Å²) in [5, 5.41) is 1.34. The van der Waals surface area contributed by atoms with Gasteiger partial charge in [-0.05, 0) is 36.8 Å². The van der Waals surface area contributed by atoms with Crippen LogP contribution in [0.4, 0.5) is 0 Å². The Morgan fingerprint density at radius 2 is 1.94 bits per heavy atom. The molecule has 0 aliphatic carbocycles. The molecule has 1 aromatic heterocycles. The Morgan fingerprint density at radius 3 is 2.67 bits per heavy atom. The molecule has 0 spiro atoms. The van der Waals surface area contributed by atoms with Gasteiger partial charge in [-0.15, -0.1) is 0 Å². The van der Waals surface area contributed by atoms with E-state index in [2.05, 4.69) is 0 Å². The molecule has 2 nitrogen and oxygen atoms in total. The lowest BCUT2D eigenvalue weighted by atomic mass is 10.2. The molecular formula is C14H10ClNOS. The molecule has 0 saturated carbocycles. The summed E-state index contributed by atoms with van der Waals surface area (Å²) in [4.78, 5) is 12.3. The van der Waals surface area contributed by atoms with Crippen LogP contribution in [-0.4, -0.2) is 3.96 Å². The first-order valence-electron chi connectivity index (χ1n) is 5.54. The molecule has 90 valence electrons. The van der Waals surface area contributed by atoms with Crippen molar-refractivity contribution >= 4 is 33.2 Å². The molecule has 18 heavy (non-hydrogen) atoms. The minimum atomic E-state index is -0.0126. The summed E-state index contributed by atoms with van der Waals surface area (Å²) < 4.78 is 2.62. The van der Waals surface area contributed by atoms with Gasteiger partial charge in [0.25, 0.3) is 5.56 Å². The van der Waals surface area contributed by atoms with Crippen LogP contribution in [0.5, 0.6) is 0 Å². The highest BCUT2D eigenvalue weighted by Crippen LogP contribution is 2.25. The zero-order valence-corrected chi connectivity index (χ0v) is 11.3. The Bertz CT molecular complexity index is 788. The molecule has 0 aliphatic rings. The van der Waals surface area contributed by atoms with Gasteiger partial charge in [-0.2, -0.15) is 0 Å². The van der Waals surface area contributed by atoms with Gasteiger partial charge in [-0.3, -0.25) is 4.79 Å². The van der Waals surface area contributed by atoms with Crippen molar-refractivity contribution in [1.82, 2.24) is 3.96 Å². The van der Waals surface area contributed by atoms with Gasteiger partial charge in [-0.25, -0.2) is 3.96 Å². The number of fused-ring (bicyclic) bond motifs is 1. The monoisotopic (exact) mass is 275 g/mol. The van der Waals surface area contributed by atoms with E-state index in [0.717, 1.165) is 21.3 Å². The number of aryl methyl sites for hydroxylation is 1. The number of rotatable bonds is 1. The van der Waals surface area contributed by atoms with Crippen molar-refractivity contribution in [1.29, 1.82) is 0 Å². The maximum Gasteiger partial charge on any atom is 0.273 e. The quantitative estimate of drug-likeness (QED) is 0.658. The number of benzene rings is 2. The smallest absolute Gasteiger partial charge is 0.267 e. The molecule has 0 bridgehead atoms. The molecular weight excluding hydrogens is 266 g/mol. The van der Waals surface area contributed by atoms with Gasteiger partial charge < -0.3 is 0 Å². The van der Waals surface area contributed by atoms with E-state index in [9.17, 15) is 4.79 Å². The second-order valence-corrected chi connectivity index (χ2v) is 5.54. The topological polar surface area (TPSA) is 22.0 Å². The summed E-state index contributed by atoms with van der Waals surface area (Å²) in [5.74, 6) is 0. The number of halogens is 1. The highest BCUT2D eigenvalue weighted by atomic mass is 35.5. The fourth-order valence-corrected chi connectivity index (χ4v) is 3.31. The Morgan fingerprint density at radius 1 is 1.17 bits per heavy atom. The van der Waals surface area contributed by atoms with Crippen LogP contribution in [0.1, 0.15) is 5.56 Å². The SMILES string of the molecule is Cc1ccc(-n2sc3ccccc3c2=O)c(Cl)c1.